The number of hydrogen-bond acceptors (Lipinski definition) is 7. The van der Waals surface area contributed by atoms with Gasteiger partial charge in [0.25, 0.3) is 5.91 Å². The molecule has 10 heteroatoms. The fourth-order valence-corrected chi connectivity index (χ4v) is 5.36. The van der Waals surface area contributed by atoms with Crippen LogP contribution in [0, 0.1) is 17.1 Å². The van der Waals surface area contributed by atoms with E-state index in [9.17, 15) is 14.9 Å². The smallest absolute Gasteiger partial charge is 0.408 e. The van der Waals surface area contributed by atoms with E-state index < -0.39 is 17.9 Å². The van der Waals surface area contributed by atoms with Crippen LogP contribution in [0.5, 0.6) is 0 Å². The zero-order valence-corrected chi connectivity index (χ0v) is 19.8. The zero-order valence-electron chi connectivity index (χ0n) is 19.0. The van der Waals surface area contributed by atoms with Gasteiger partial charge in [0.2, 0.25) is 0 Å². The molecule has 0 bridgehead atoms. The Hall–Kier alpha value is -3.52. The minimum Gasteiger partial charge on any atom is -0.408 e. The summed E-state index contributed by atoms with van der Waals surface area (Å²) in [6.45, 7) is 1.62. The van der Waals surface area contributed by atoms with Gasteiger partial charge < -0.3 is 19.8 Å². The van der Waals surface area contributed by atoms with E-state index in [4.69, 9.17) is 9.15 Å². The third kappa shape index (κ3) is 4.58. The summed E-state index contributed by atoms with van der Waals surface area (Å²) in [6, 6.07) is 12.1. The second-order valence-corrected chi connectivity index (χ2v) is 9.61. The van der Waals surface area contributed by atoms with Crippen LogP contribution in [-0.4, -0.2) is 42.3 Å². The molecule has 2 aromatic carbocycles. The Kier molecular flexibility index (Phi) is 6.38. The molecule has 0 unspecified atom stereocenters. The van der Waals surface area contributed by atoms with Crippen LogP contribution >= 0.6 is 11.3 Å². The Morgan fingerprint density at radius 3 is 2.97 bits per heavy atom. The van der Waals surface area contributed by atoms with Gasteiger partial charge in [-0.05, 0) is 48.4 Å². The number of aromatic nitrogens is 1. The molecule has 3 heterocycles. The van der Waals surface area contributed by atoms with Gasteiger partial charge in [-0.3, -0.25) is 9.36 Å². The van der Waals surface area contributed by atoms with Gasteiger partial charge in [0.15, 0.2) is 5.58 Å². The number of benzene rings is 2. The van der Waals surface area contributed by atoms with Crippen molar-refractivity contribution in [3.8, 4) is 17.2 Å². The lowest BCUT2D eigenvalue weighted by molar-refractivity contribution is -0.132. The number of hydrogen-bond donors (Lipinski definition) is 2. The number of nitrogens with one attached hydrogen (secondary N) is 2. The van der Waals surface area contributed by atoms with E-state index in [1.54, 1.807) is 19.2 Å². The number of halogens is 1. The standard InChI is InChI=1S/C25H23FN4O4S/c1-30-18-9-14(4-6-19(18)34-25(30)32)15-3-5-17-21(10-15)35-22(23(17)26)11-16(12-27)29-24(31)20-13-28-7-2-8-33-20/h3-6,9-10,16,20,28H,2,7-8,11,13H2,1H3,(H,29,31)/t16-,20-/m0/s1. The van der Waals surface area contributed by atoms with Crippen LogP contribution in [0.3, 0.4) is 0 Å². The van der Waals surface area contributed by atoms with E-state index in [0.717, 1.165) is 28.8 Å². The minimum atomic E-state index is -0.874. The molecule has 4 aromatic rings. The van der Waals surface area contributed by atoms with Gasteiger partial charge >= 0.3 is 5.76 Å². The first kappa shape index (κ1) is 23.2. The third-order valence-electron chi connectivity index (χ3n) is 6.12. The molecule has 0 radical (unpaired) electrons. The summed E-state index contributed by atoms with van der Waals surface area (Å²) >= 11 is 1.26. The molecule has 1 aliphatic rings. The Balaban J connectivity index is 1.38. The largest absolute Gasteiger partial charge is 0.419 e. The quantitative estimate of drug-likeness (QED) is 0.441. The van der Waals surface area contributed by atoms with Gasteiger partial charge in [-0.1, -0.05) is 12.1 Å². The molecule has 180 valence electrons. The molecule has 0 aliphatic carbocycles. The molecule has 1 fully saturated rings. The van der Waals surface area contributed by atoms with Gasteiger partial charge in [0, 0.05) is 41.6 Å². The Morgan fingerprint density at radius 1 is 1.34 bits per heavy atom. The molecule has 1 saturated heterocycles. The first-order valence-electron chi connectivity index (χ1n) is 11.3. The number of carbonyl (C=O) groups excluding carboxylic acids is 1. The number of thiophene rings is 1. The number of oxazole rings is 1. The van der Waals surface area contributed by atoms with Gasteiger partial charge in [-0.2, -0.15) is 5.26 Å². The second-order valence-electron chi connectivity index (χ2n) is 8.47. The molecule has 2 atom stereocenters. The predicted octanol–water partition coefficient (Wildman–Crippen LogP) is 3.08. The lowest BCUT2D eigenvalue weighted by Gasteiger charge is -2.17. The fraction of sp³-hybridized carbons (Fsp3) is 0.320. The lowest BCUT2D eigenvalue weighted by atomic mass is 10.0. The highest BCUT2D eigenvalue weighted by atomic mass is 32.1. The first-order chi connectivity index (χ1) is 16.9. The topological polar surface area (TPSA) is 109 Å². The van der Waals surface area contributed by atoms with Crippen molar-refractivity contribution in [2.45, 2.75) is 25.0 Å². The van der Waals surface area contributed by atoms with Gasteiger partial charge in [-0.25, -0.2) is 9.18 Å². The number of carbonyl (C=O) groups is 1. The number of aryl methyl sites for hydroxylation is 1. The summed E-state index contributed by atoms with van der Waals surface area (Å²) in [6.07, 6.45) is 0.204. The second kappa shape index (κ2) is 9.62. The van der Waals surface area contributed by atoms with E-state index in [2.05, 4.69) is 16.7 Å². The summed E-state index contributed by atoms with van der Waals surface area (Å²) < 4.78 is 28.1. The van der Waals surface area contributed by atoms with Crippen LogP contribution < -0.4 is 16.4 Å². The SMILES string of the molecule is Cn1c(=O)oc2ccc(-c3ccc4c(F)c(C[C@@H](C#N)NC(=O)[C@@H]5CNCCCO5)sc4c3)cc21. The Labute approximate surface area is 203 Å². The molecule has 0 saturated carbocycles. The highest BCUT2D eigenvalue weighted by Gasteiger charge is 2.25. The average Bonchev–Trinajstić information content (AvgIpc) is 3.17. The van der Waals surface area contributed by atoms with E-state index in [1.807, 2.05) is 24.3 Å². The Bertz CT molecular complexity index is 1510. The molecular weight excluding hydrogens is 471 g/mol. The van der Waals surface area contributed by atoms with Crippen molar-refractivity contribution in [1.29, 1.82) is 5.26 Å². The number of nitrogens with zero attached hydrogens (tertiary/aromatic N) is 2. The maximum Gasteiger partial charge on any atom is 0.419 e. The van der Waals surface area contributed by atoms with Crippen LogP contribution in [0.1, 0.15) is 11.3 Å². The molecule has 1 aliphatic heterocycles. The Morgan fingerprint density at radius 2 is 2.14 bits per heavy atom. The fourth-order valence-electron chi connectivity index (χ4n) is 4.20. The molecule has 1 amide bonds. The van der Waals surface area contributed by atoms with Gasteiger partial charge in [0.05, 0.1) is 11.6 Å². The molecular formula is C25H23FN4O4S. The molecule has 35 heavy (non-hydrogen) atoms. The van der Waals surface area contributed by atoms with Crippen molar-refractivity contribution in [1.82, 2.24) is 15.2 Å². The maximum absolute atomic E-state index is 15.2. The monoisotopic (exact) mass is 494 g/mol. The molecule has 2 aromatic heterocycles. The molecule has 0 spiro atoms. The van der Waals surface area contributed by atoms with Crippen LogP contribution in [0.2, 0.25) is 0 Å². The van der Waals surface area contributed by atoms with Gasteiger partial charge in [-0.15, -0.1) is 11.3 Å². The average molecular weight is 495 g/mol. The maximum atomic E-state index is 15.2. The van der Waals surface area contributed by atoms with Gasteiger partial charge in [0.1, 0.15) is 18.0 Å². The van der Waals surface area contributed by atoms with Crippen molar-refractivity contribution < 1.29 is 18.3 Å². The lowest BCUT2D eigenvalue weighted by Crippen LogP contribution is -2.46. The molecule has 5 rings (SSSR count). The van der Waals surface area contributed by atoms with Crippen molar-refractivity contribution in [2.24, 2.45) is 7.05 Å². The van der Waals surface area contributed by atoms with E-state index in [-0.39, 0.29) is 18.1 Å². The van der Waals surface area contributed by atoms with Crippen LogP contribution in [-0.2, 0) is 23.0 Å². The van der Waals surface area contributed by atoms with Crippen LogP contribution in [0.15, 0.2) is 45.6 Å². The van der Waals surface area contributed by atoms with Crippen molar-refractivity contribution in [2.75, 3.05) is 19.7 Å². The van der Waals surface area contributed by atoms with Crippen molar-refractivity contribution in [3.63, 3.8) is 0 Å². The van der Waals surface area contributed by atoms with E-state index in [1.165, 1.54) is 15.9 Å². The molecule has 8 nitrogen and oxygen atoms in total. The third-order valence-corrected chi connectivity index (χ3v) is 7.27. The predicted molar refractivity (Wildman–Crippen MR) is 131 cm³/mol. The summed E-state index contributed by atoms with van der Waals surface area (Å²) in [5, 5.41) is 15.9. The van der Waals surface area contributed by atoms with E-state index in [0.29, 0.717) is 34.5 Å². The first-order valence-corrected chi connectivity index (χ1v) is 12.1. The zero-order chi connectivity index (χ0) is 24.5. The summed E-state index contributed by atoms with van der Waals surface area (Å²) in [4.78, 5) is 24.7. The van der Waals surface area contributed by atoms with Crippen LogP contribution in [0.4, 0.5) is 4.39 Å². The normalized spacial score (nSPS) is 17.2. The van der Waals surface area contributed by atoms with Crippen molar-refractivity contribution >= 4 is 38.4 Å². The van der Waals surface area contributed by atoms with E-state index >= 15 is 4.39 Å². The molecule has 2 N–H and O–H groups in total. The van der Waals surface area contributed by atoms with Crippen LogP contribution in [0.25, 0.3) is 32.3 Å². The van der Waals surface area contributed by atoms with Crippen molar-refractivity contribution in [3.05, 3.63) is 57.6 Å². The number of amides is 1. The highest BCUT2D eigenvalue weighted by molar-refractivity contribution is 7.19. The minimum absolute atomic E-state index is 0.0615. The number of rotatable bonds is 5. The summed E-state index contributed by atoms with van der Waals surface area (Å²) in [5.41, 5.74) is 2.90. The summed E-state index contributed by atoms with van der Waals surface area (Å²) in [5.74, 6) is -1.19. The highest BCUT2D eigenvalue weighted by Crippen LogP contribution is 2.35. The summed E-state index contributed by atoms with van der Waals surface area (Å²) in [7, 11) is 1.64. The number of ether oxygens (including phenoxy) is 1. The number of fused-ring (bicyclic) bond motifs is 2. The number of nitriles is 1.